The summed E-state index contributed by atoms with van der Waals surface area (Å²) >= 11 is 0. The number of pyridine rings is 1. The lowest BCUT2D eigenvalue weighted by atomic mass is 10.00. The van der Waals surface area contributed by atoms with E-state index in [0.29, 0.717) is 19.6 Å². The molecule has 0 radical (unpaired) electrons. The molecule has 0 bridgehead atoms. The quantitative estimate of drug-likeness (QED) is 0.877. The van der Waals surface area contributed by atoms with E-state index in [1.54, 1.807) is 12.1 Å². The minimum absolute atomic E-state index is 0.0899. The number of ether oxygens (including phenoxy) is 1. The van der Waals surface area contributed by atoms with Gasteiger partial charge in [0.1, 0.15) is 11.6 Å². The molecule has 0 spiro atoms. The Balaban J connectivity index is 1.63. The maximum atomic E-state index is 14.3. The number of benzene rings is 1. The zero-order valence-electron chi connectivity index (χ0n) is 16.2. The third-order valence-corrected chi connectivity index (χ3v) is 5.79. The molecule has 150 valence electrons. The predicted molar refractivity (Wildman–Crippen MR) is 110 cm³/mol. The summed E-state index contributed by atoms with van der Waals surface area (Å²) in [6.45, 7) is 3.83. The molecule has 1 aromatic carbocycles. The van der Waals surface area contributed by atoms with Crippen molar-refractivity contribution in [2.45, 2.75) is 38.1 Å². The summed E-state index contributed by atoms with van der Waals surface area (Å²) < 4.78 is 19.7. The maximum absolute atomic E-state index is 14.3. The zero-order chi connectivity index (χ0) is 19.3. The lowest BCUT2D eigenvalue weighted by molar-refractivity contribution is 0.122. The van der Waals surface area contributed by atoms with Crippen LogP contribution >= 0.6 is 0 Å². The van der Waals surface area contributed by atoms with Crippen LogP contribution in [0.3, 0.4) is 0 Å². The Bertz CT molecular complexity index is 848. The average Bonchev–Trinajstić information content (AvgIpc) is 2.95. The topological polar surface area (TPSA) is 48.6 Å². The number of nitrogens with one attached hydrogen (secondary N) is 1. The predicted octanol–water partition coefficient (Wildman–Crippen LogP) is 3.34. The van der Waals surface area contributed by atoms with Gasteiger partial charge >= 0.3 is 0 Å². The van der Waals surface area contributed by atoms with Gasteiger partial charge in [0.2, 0.25) is 0 Å². The molecular weight excluding hydrogens is 357 g/mol. The molecule has 2 saturated heterocycles. The van der Waals surface area contributed by atoms with Crippen molar-refractivity contribution in [3.8, 4) is 0 Å². The van der Waals surface area contributed by atoms with E-state index < -0.39 is 0 Å². The van der Waals surface area contributed by atoms with Crippen LogP contribution in [0.15, 0.2) is 41.2 Å². The molecule has 1 N–H and O–H groups in total. The van der Waals surface area contributed by atoms with E-state index in [9.17, 15) is 9.18 Å². The maximum Gasteiger partial charge on any atom is 0.251 e. The molecule has 28 heavy (non-hydrogen) atoms. The van der Waals surface area contributed by atoms with Crippen molar-refractivity contribution in [2.75, 3.05) is 42.6 Å². The van der Waals surface area contributed by atoms with Gasteiger partial charge in [-0.25, -0.2) is 4.39 Å². The van der Waals surface area contributed by atoms with Gasteiger partial charge in [0.05, 0.1) is 13.2 Å². The summed E-state index contributed by atoms with van der Waals surface area (Å²) in [6.07, 6.45) is 5.02. The Morgan fingerprint density at radius 3 is 2.71 bits per heavy atom. The molecule has 2 fully saturated rings. The fraction of sp³-hybridized carbons (Fsp3) is 0.500. The second-order valence-corrected chi connectivity index (χ2v) is 7.68. The van der Waals surface area contributed by atoms with Crippen LogP contribution in [-0.2, 0) is 11.2 Å². The van der Waals surface area contributed by atoms with E-state index in [1.165, 1.54) is 6.07 Å². The molecule has 0 aliphatic carbocycles. The highest BCUT2D eigenvalue weighted by Gasteiger charge is 2.24. The minimum atomic E-state index is -0.151. The van der Waals surface area contributed by atoms with Crippen molar-refractivity contribution in [3.05, 3.63) is 58.1 Å². The Labute approximate surface area is 165 Å². The minimum Gasteiger partial charge on any atom is -0.378 e. The highest BCUT2D eigenvalue weighted by molar-refractivity contribution is 5.56. The summed E-state index contributed by atoms with van der Waals surface area (Å²) in [5, 5.41) is 0. The van der Waals surface area contributed by atoms with Crippen LogP contribution < -0.4 is 15.4 Å². The number of hydrogen-bond donors (Lipinski definition) is 1. The van der Waals surface area contributed by atoms with Crippen LogP contribution in [-0.4, -0.2) is 43.9 Å². The van der Waals surface area contributed by atoms with E-state index in [2.05, 4.69) is 20.9 Å². The van der Waals surface area contributed by atoms with Gasteiger partial charge in [-0.15, -0.1) is 0 Å². The SMILES string of the molecule is O=c1cc(N2CCOCC2)cc(N2CCCCC[C@@H]2Cc2ccccc2F)[nH]1. The third kappa shape index (κ3) is 4.38. The molecule has 2 aliphatic rings. The van der Waals surface area contributed by atoms with Crippen LogP contribution in [0.5, 0.6) is 0 Å². The van der Waals surface area contributed by atoms with Crippen molar-refractivity contribution >= 4 is 11.5 Å². The average molecular weight is 385 g/mol. The van der Waals surface area contributed by atoms with Crippen LogP contribution in [0.1, 0.15) is 31.2 Å². The first kappa shape index (κ1) is 19.0. The number of nitrogens with zero attached hydrogens (tertiary/aromatic N) is 2. The number of morpholine rings is 1. The first-order chi connectivity index (χ1) is 13.7. The summed E-state index contributed by atoms with van der Waals surface area (Å²) in [5.74, 6) is 0.694. The molecule has 0 unspecified atom stereocenters. The third-order valence-electron chi connectivity index (χ3n) is 5.79. The molecule has 2 aliphatic heterocycles. The Morgan fingerprint density at radius 2 is 1.89 bits per heavy atom. The number of halogens is 1. The van der Waals surface area contributed by atoms with Gasteiger partial charge < -0.3 is 19.5 Å². The lowest BCUT2D eigenvalue weighted by Crippen LogP contribution is -2.39. The van der Waals surface area contributed by atoms with Crippen molar-refractivity contribution < 1.29 is 9.13 Å². The molecule has 0 saturated carbocycles. The Hall–Kier alpha value is -2.34. The summed E-state index contributed by atoms with van der Waals surface area (Å²) in [6, 6.07) is 10.9. The van der Waals surface area contributed by atoms with Gasteiger partial charge in [-0.05, 0) is 30.9 Å². The van der Waals surface area contributed by atoms with Gasteiger partial charge in [-0.2, -0.15) is 0 Å². The highest BCUT2D eigenvalue weighted by atomic mass is 19.1. The smallest absolute Gasteiger partial charge is 0.251 e. The first-order valence-electron chi connectivity index (χ1n) is 10.3. The first-order valence-corrected chi connectivity index (χ1v) is 10.3. The second-order valence-electron chi connectivity index (χ2n) is 7.68. The van der Waals surface area contributed by atoms with Gasteiger partial charge in [-0.3, -0.25) is 4.79 Å². The number of anilines is 2. The largest absolute Gasteiger partial charge is 0.378 e. The molecular formula is C22H28FN3O2. The summed E-state index contributed by atoms with van der Waals surface area (Å²) in [5.41, 5.74) is 1.59. The van der Waals surface area contributed by atoms with Crippen LogP contribution in [0.25, 0.3) is 0 Å². The van der Waals surface area contributed by atoms with Crippen molar-refractivity contribution in [3.63, 3.8) is 0 Å². The Kier molecular flexibility index (Phi) is 5.95. The Morgan fingerprint density at radius 1 is 1.07 bits per heavy atom. The number of H-pyrrole nitrogens is 1. The number of rotatable bonds is 4. The highest BCUT2D eigenvalue weighted by Crippen LogP contribution is 2.27. The number of aromatic nitrogens is 1. The number of aromatic amines is 1. The molecule has 6 heteroatoms. The second kappa shape index (κ2) is 8.78. The lowest BCUT2D eigenvalue weighted by Gasteiger charge is -2.34. The molecule has 1 aromatic heterocycles. The zero-order valence-corrected chi connectivity index (χ0v) is 16.2. The van der Waals surface area contributed by atoms with Gasteiger partial charge in [0, 0.05) is 43.5 Å². The van der Waals surface area contributed by atoms with Gasteiger partial charge in [-0.1, -0.05) is 31.0 Å². The van der Waals surface area contributed by atoms with E-state index in [1.807, 2.05) is 12.1 Å². The van der Waals surface area contributed by atoms with E-state index in [4.69, 9.17) is 4.74 Å². The standard InChI is InChI=1S/C22H28FN3O2/c23-20-8-4-3-6-17(20)14-18-7-2-1-5-9-26(18)21-15-19(16-22(27)24-21)25-10-12-28-13-11-25/h3-4,6,8,15-16,18H,1-2,5,7,9-14H2,(H,24,27)/t18-/m1/s1. The normalized spacial score (nSPS) is 20.8. The van der Waals surface area contributed by atoms with Gasteiger partial charge in [0.15, 0.2) is 0 Å². The molecule has 2 aromatic rings. The summed E-state index contributed by atoms with van der Waals surface area (Å²) in [7, 11) is 0. The molecule has 1 atom stereocenters. The van der Waals surface area contributed by atoms with Crippen LogP contribution in [0, 0.1) is 5.82 Å². The van der Waals surface area contributed by atoms with E-state index >= 15 is 0 Å². The molecule has 3 heterocycles. The summed E-state index contributed by atoms with van der Waals surface area (Å²) in [4.78, 5) is 19.9. The molecule has 5 nitrogen and oxygen atoms in total. The number of hydrogen-bond acceptors (Lipinski definition) is 4. The monoisotopic (exact) mass is 385 g/mol. The van der Waals surface area contributed by atoms with Gasteiger partial charge in [0.25, 0.3) is 5.56 Å². The van der Waals surface area contributed by atoms with Crippen molar-refractivity contribution in [1.82, 2.24) is 4.98 Å². The van der Waals surface area contributed by atoms with Crippen molar-refractivity contribution in [2.24, 2.45) is 0 Å². The van der Waals surface area contributed by atoms with E-state index in [-0.39, 0.29) is 17.4 Å². The van der Waals surface area contributed by atoms with Crippen molar-refractivity contribution in [1.29, 1.82) is 0 Å². The van der Waals surface area contributed by atoms with Crippen LogP contribution in [0.2, 0.25) is 0 Å². The molecule has 0 amide bonds. The van der Waals surface area contributed by atoms with Crippen LogP contribution in [0.4, 0.5) is 15.9 Å². The molecule has 4 rings (SSSR count). The van der Waals surface area contributed by atoms with E-state index in [0.717, 1.165) is 62.4 Å². The fourth-order valence-electron chi connectivity index (χ4n) is 4.30. The fourth-order valence-corrected chi connectivity index (χ4v) is 4.30.